The number of rotatable bonds is 16. The first-order valence-electron chi connectivity index (χ1n) is 23.1. The standard InChI is InChI=1S/C15H10ClF3N2O6S.C15H22ClNO2.C11H11Cl2NO2.C8H14ClN5/c1-28(25,26)20-14(22)10-7-9(3-4-12(10)21(23)24)27-13-5-2-8(6-11(13)16)15(17,18)19;1-5-13-8-6-7-11(2)15(13)17(14(18)9-16)12(3)10-19-4;1-7-6-16-9-5-3-2-4-8(9)14(7)11(15)10(12)13;1-4-10-7-12-6(9)13-8(14-7)11-5(2)3/h2-7H,1H3,(H,20,22);6-8,12H,5,9-10H2,1-4H3;2-5,7,10H,6H2,1H3;5H,4H2,1-3H3,(H2,10,11,12,13,14). The zero-order valence-electron chi connectivity index (χ0n) is 43.0. The first-order chi connectivity index (χ1) is 36.1. The number of methoxy groups -OCH3 is 1. The van der Waals surface area contributed by atoms with Crippen molar-refractivity contribution in [2.45, 2.75) is 84.0 Å². The minimum Gasteiger partial charge on any atom is -0.489 e. The number of amides is 3. The number of aromatic nitrogens is 3. The molecule has 0 bridgehead atoms. The minimum atomic E-state index is -4.62. The summed E-state index contributed by atoms with van der Waals surface area (Å²) in [5.41, 5.74) is 1.59. The highest BCUT2D eigenvalue weighted by Crippen LogP contribution is 2.38. The Morgan fingerprint density at radius 2 is 1.64 bits per heavy atom. The lowest BCUT2D eigenvalue weighted by Gasteiger charge is -2.35. The molecule has 3 N–H and O–H groups in total. The molecule has 4 aromatic carbocycles. The predicted octanol–water partition coefficient (Wildman–Crippen LogP) is 11.3. The van der Waals surface area contributed by atoms with Crippen LogP contribution in [0, 0.1) is 17.0 Å². The number of nitro groups is 1. The average molecular weight is 1200 g/mol. The topological polar surface area (TPSA) is 237 Å². The molecule has 77 heavy (non-hydrogen) atoms. The first kappa shape index (κ1) is 65.3. The summed E-state index contributed by atoms with van der Waals surface area (Å²) < 4.78 is 77.9. The Bertz CT molecular complexity index is 2950. The van der Waals surface area contributed by atoms with Gasteiger partial charge in [0.15, 0.2) is 4.84 Å². The summed E-state index contributed by atoms with van der Waals surface area (Å²) in [5.74, 6) is -0.427. The Morgan fingerprint density at radius 3 is 2.19 bits per heavy atom. The number of benzene rings is 4. The number of carbonyl (C=O) groups excluding carboxylic acids is 3. The third-order valence-corrected chi connectivity index (χ3v) is 11.8. The van der Waals surface area contributed by atoms with E-state index in [1.54, 1.807) is 21.6 Å². The molecule has 0 fully saturated rings. The summed E-state index contributed by atoms with van der Waals surface area (Å²) in [7, 11) is -2.36. The van der Waals surface area contributed by atoms with Crippen LogP contribution in [0.2, 0.25) is 10.3 Å². The number of para-hydroxylation sites is 3. The van der Waals surface area contributed by atoms with Gasteiger partial charge >= 0.3 is 6.18 Å². The third kappa shape index (κ3) is 20.1. The van der Waals surface area contributed by atoms with Crippen molar-refractivity contribution in [1.82, 2.24) is 19.7 Å². The maximum absolute atomic E-state index is 12.7. The van der Waals surface area contributed by atoms with E-state index >= 15 is 0 Å². The largest absolute Gasteiger partial charge is 0.489 e. The molecule has 1 aromatic heterocycles. The summed E-state index contributed by atoms with van der Waals surface area (Å²) in [6, 6.07) is 18.7. The Hall–Kier alpha value is -5.95. The van der Waals surface area contributed by atoms with E-state index in [9.17, 15) is 46.1 Å². The van der Waals surface area contributed by atoms with Gasteiger partial charge in [-0.1, -0.05) is 72.1 Å². The number of hydrogen-bond acceptors (Lipinski definition) is 15. The van der Waals surface area contributed by atoms with Crippen molar-refractivity contribution < 1.29 is 55.1 Å². The van der Waals surface area contributed by atoms with Crippen molar-refractivity contribution in [3.8, 4) is 17.2 Å². The van der Waals surface area contributed by atoms with Gasteiger partial charge in [-0.25, -0.2) is 13.1 Å². The number of alkyl halides is 6. The van der Waals surface area contributed by atoms with E-state index < -0.39 is 53.7 Å². The number of nitrogens with zero attached hydrogens (tertiary/aromatic N) is 6. The van der Waals surface area contributed by atoms with Crippen molar-refractivity contribution in [1.29, 1.82) is 0 Å². The predicted molar refractivity (Wildman–Crippen MR) is 294 cm³/mol. The molecule has 28 heteroatoms. The van der Waals surface area contributed by atoms with Crippen molar-refractivity contribution in [2.75, 3.05) is 59.4 Å². The zero-order chi connectivity index (χ0) is 57.9. The molecule has 1 aliphatic rings. The molecule has 0 spiro atoms. The second-order valence-electron chi connectivity index (χ2n) is 16.7. The van der Waals surface area contributed by atoms with Crippen LogP contribution in [0.5, 0.6) is 17.2 Å². The molecular weight excluding hydrogens is 1140 g/mol. The Labute approximate surface area is 469 Å². The lowest BCUT2D eigenvalue weighted by molar-refractivity contribution is -0.385. The van der Waals surface area contributed by atoms with Gasteiger partial charge in [0.2, 0.25) is 33.1 Å². The maximum atomic E-state index is 12.7. The summed E-state index contributed by atoms with van der Waals surface area (Å²) >= 11 is 28.5. The molecule has 6 rings (SSSR count). The summed E-state index contributed by atoms with van der Waals surface area (Å²) in [5, 5.41) is 16.9. The molecule has 1 aliphatic heterocycles. The van der Waals surface area contributed by atoms with E-state index in [4.69, 9.17) is 72.2 Å². The normalized spacial score (nSPS) is 13.2. The van der Waals surface area contributed by atoms with Gasteiger partial charge in [-0.15, -0.1) is 11.6 Å². The van der Waals surface area contributed by atoms with E-state index in [1.165, 1.54) is 0 Å². The van der Waals surface area contributed by atoms with Crippen LogP contribution >= 0.6 is 58.0 Å². The fourth-order valence-corrected chi connectivity index (χ4v) is 8.17. The number of nitrogens with one attached hydrogen (secondary N) is 3. The SMILES string of the molecule is CC1COc2ccccc2N1C(=O)C(Cl)Cl.CCNc1nc(Cl)nc(NC(C)C)n1.CCc1cccc(C)c1N(C(=O)CCl)C(C)COC.CS(=O)(=O)NC(=O)c1cc(Oc2ccc(C(F)(F)F)cc2Cl)ccc1[N+](=O)[O-]. The fraction of sp³-hybridized carbons (Fsp3) is 0.388. The van der Waals surface area contributed by atoms with Gasteiger partial charge < -0.3 is 34.6 Å². The molecule has 0 aliphatic carbocycles. The third-order valence-electron chi connectivity index (χ3n) is 10.2. The van der Waals surface area contributed by atoms with Crippen LogP contribution in [0.15, 0.2) is 78.9 Å². The molecule has 0 radical (unpaired) electrons. The van der Waals surface area contributed by atoms with Gasteiger partial charge in [0.1, 0.15) is 35.3 Å². The number of anilines is 4. The van der Waals surface area contributed by atoms with E-state index in [0.717, 1.165) is 59.7 Å². The van der Waals surface area contributed by atoms with Crippen LogP contribution in [0.4, 0.5) is 42.1 Å². The van der Waals surface area contributed by atoms with Gasteiger partial charge in [0.05, 0.1) is 51.8 Å². The van der Waals surface area contributed by atoms with Crippen LogP contribution < -0.4 is 34.6 Å². The quantitative estimate of drug-likeness (QED) is 0.0473. The lowest BCUT2D eigenvalue weighted by atomic mass is 10.0. The van der Waals surface area contributed by atoms with Crippen LogP contribution in [0.3, 0.4) is 0 Å². The monoisotopic (exact) mass is 1200 g/mol. The van der Waals surface area contributed by atoms with Gasteiger partial charge in [-0.2, -0.15) is 28.1 Å². The van der Waals surface area contributed by atoms with Crippen LogP contribution in [0.1, 0.15) is 68.6 Å². The van der Waals surface area contributed by atoms with E-state index in [-0.39, 0.29) is 52.6 Å². The molecular formula is C49H57Cl5F3N9O10S. The van der Waals surface area contributed by atoms with Gasteiger partial charge in [-0.3, -0.25) is 24.5 Å². The molecule has 0 saturated carbocycles. The van der Waals surface area contributed by atoms with Gasteiger partial charge in [0, 0.05) is 31.8 Å². The number of hydrogen-bond donors (Lipinski definition) is 3. The van der Waals surface area contributed by atoms with Crippen molar-refractivity contribution in [3.05, 3.63) is 122 Å². The molecule has 0 saturated heterocycles. The zero-order valence-corrected chi connectivity index (χ0v) is 47.6. The van der Waals surface area contributed by atoms with E-state index in [2.05, 4.69) is 38.6 Å². The Kier molecular flexibility index (Phi) is 25.7. The number of aryl methyl sites for hydroxylation is 2. The highest BCUT2D eigenvalue weighted by atomic mass is 35.5. The second kappa shape index (κ2) is 30.3. The number of carbonyl (C=O) groups is 3. The van der Waals surface area contributed by atoms with Crippen LogP contribution in [0.25, 0.3) is 0 Å². The number of sulfonamides is 1. The highest BCUT2D eigenvalue weighted by molar-refractivity contribution is 7.89. The Balaban J connectivity index is 0.000000281. The van der Waals surface area contributed by atoms with Crippen LogP contribution in [-0.2, 0) is 36.9 Å². The number of nitro benzene ring substituents is 1. The van der Waals surface area contributed by atoms with E-state index in [1.807, 2.05) is 77.9 Å². The first-order valence-corrected chi connectivity index (χ1v) is 27.2. The molecule has 2 heterocycles. The smallest absolute Gasteiger partial charge is 0.416 e. The van der Waals surface area contributed by atoms with Gasteiger partial charge in [-0.05, 0) is 107 Å². The lowest BCUT2D eigenvalue weighted by Crippen LogP contribution is -2.47. The second-order valence-corrected chi connectivity index (χ2v) is 20.6. The number of fused-ring (bicyclic) bond motifs is 1. The minimum absolute atomic E-state index is 0.0223. The molecule has 5 aromatic rings. The molecule has 2 atom stereocenters. The Morgan fingerprint density at radius 1 is 0.974 bits per heavy atom. The van der Waals surface area contributed by atoms with Crippen molar-refractivity contribution in [2.24, 2.45) is 0 Å². The van der Waals surface area contributed by atoms with Crippen LogP contribution in [-0.4, -0.2) is 108 Å². The summed E-state index contributed by atoms with van der Waals surface area (Å²) in [4.78, 5) is 60.5. The maximum Gasteiger partial charge on any atom is 0.416 e. The van der Waals surface area contributed by atoms with Gasteiger partial charge in [0.25, 0.3) is 17.5 Å². The molecule has 2 unspecified atom stereocenters. The van der Waals surface area contributed by atoms with Crippen molar-refractivity contribution >= 4 is 115 Å². The molecule has 19 nitrogen and oxygen atoms in total. The molecule has 3 amide bonds. The average Bonchev–Trinajstić information content (AvgIpc) is 3.34. The number of ether oxygens (including phenoxy) is 3. The van der Waals surface area contributed by atoms with E-state index in [0.29, 0.717) is 49.2 Å². The highest BCUT2D eigenvalue weighted by Gasteiger charge is 2.33. The fourth-order valence-electron chi connectivity index (χ4n) is 7.00. The van der Waals surface area contributed by atoms with Crippen molar-refractivity contribution in [3.63, 3.8) is 0 Å². The number of halogens is 8. The molecule has 420 valence electrons. The summed E-state index contributed by atoms with van der Waals surface area (Å²) in [6.45, 7) is 15.6. The summed E-state index contributed by atoms with van der Waals surface area (Å²) in [6.07, 6.45) is -3.06.